The summed E-state index contributed by atoms with van der Waals surface area (Å²) in [5, 5.41) is 1.11. The summed E-state index contributed by atoms with van der Waals surface area (Å²) >= 11 is 0. The molecule has 5 nitrogen and oxygen atoms in total. The van der Waals surface area contributed by atoms with Gasteiger partial charge in [0.15, 0.2) is 0 Å². The number of aryl methyl sites for hydroxylation is 2. The average molecular weight is 386 g/mol. The first-order valence-corrected chi connectivity index (χ1v) is 10.5. The van der Waals surface area contributed by atoms with Gasteiger partial charge in [-0.1, -0.05) is 32.0 Å². The molecule has 0 bridgehead atoms. The highest BCUT2D eigenvalue weighted by molar-refractivity contribution is 5.98. The number of aromatic nitrogens is 3. The van der Waals surface area contributed by atoms with Crippen molar-refractivity contribution in [2.75, 3.05) is 13.1 Å². The molecular formula is C24H26N4O. The second-order valence-electron chi connectivity index (χ2n) is 7.89. The highest BCUT2D eigenvalue weighted by Gasteiger charge is 2.30. The molecule has 1 aliphatic rings. The van der Waals surface area contributed by atoms with E-state index in [0.717, 1.165) is 54.6 Å². The molecule has 5 rings (SSSR count). The number of rotatable bonds is 4. The van der Waals surface area contributed by atoms with E-state index in [1.54, 1.807) is 0 Å². The fourth-order valence-electron chi connectivity index (χ4n) is 4.58. The lowest BCUT2D eigenvalue weighted by molar-refractivity contribution is 0.0783. The summed E-state index contributed by atoms with van der Waals surface area (Å²) in [6.45, 7) is 5.79. The molecule has 0 radical (unpaired) electrons. The minimum Gasteiger partial charge on any atom is -0.351 e. The number of hydrogen-bond acceptors (Lipinski definition) is 2. The van der Waals surface area contributed by atoms with Gasteiger partial charge in [0.25, 0.3) is 5.91 Å². The van der Waals surface area contributed by atoms with Gasteiger partial charge in [-0.2, -0.15) is 0 Å². The molecule has 1 fully saturated rings. The van der Waals surface area contributed by atoms with Crippen LogP contribution in [0.15, 0.2) is 48.5 Å². The molecule has 148 valence electrons. The van der Waals surface area contributed by atoms with Crippen LogP contribution in [0.3, 0.4) is 0 Å². The van der Waals surface area contributed by atoms with Gasteiger partial charge in [-0.15, -0.1) is 0 Å². The van der Waals surface area contributed by atoms with Crippen LogP contribution < -0.4 is 0 Å². The minimum atomic E-state index is 0.0872. The van der Waals surface area contributed by atoms with Crippen LogP contribution in [0.25, 0.3) is 21.9 Å². The third-order valence-electron chi connectivity index (χ3n) is 6.12. The van der Waals surface area contributed by atoms with Crippen LogP contribution in [-0.4, -0.2) is 38.4 Å². The third-order valence-corrected chi connectivity index (χ3v) is 6.12. The lowest BCUT2D eigenvalue weighted by Crippen LogP contribution is -2.29. The van der Waals surface area contributed by atoms with Crippen molar-refractivity contribution in [1.29, 1.82) is 0 Å². The van der Waals surface area contributed by atoms with Crippen molar-refractivity contribution in [2.45, 2.75) is 39.2 Å². The Labute approximate surface area is 170 Å². The van der Waals surface area contributed by atoms with Gasteiger partial charge in [-0.05, 0) is 48.7 Å². The maximum atomic E-state index is 13.2. The smallest absolute Gasteiger partial charge is 0.270 e. The number of carbonyl (C=O) groups is 1. The van der Waals surface area contributed by atoms with Gasteiger partial charge in [-0.3, -0.25) is 4.79 Å². The van der Waals surface area contributed by atoms with E-state index in [1.165, 1.54) is 11.1 Å². The molecule has 2 aromatic carbocycles. The van der Waals surface area contributed by atoms with Crippen molar-refractivity contribution in [3.8, 4) is 0 Å². The Kier molecular flexibility index (Phi) is 4.38. The van der Waals surface area contributed by atoms with Gasteiger partial charge in [0.2, 0.25) is 0 Å². The Bertz CT molecular complexity index is 1200. The van der Waals surface area contributed by atoms with E-state index < -0.39 is 0 Å². The van der Waals surface area contributed by atoms with Crippen LogP contribution in [0.5, 0.6) is 0 Å². The lowest BCUT2D eigenvalue weighted by Gasteiger charge is -2.18. The standard InChI is InChI=1S/C24H26N4O/c1-3-16-9-10-19-17(13-16)14-21(25-19)24(29)27-12-11-18(15-27)28-22-8-6-5-7-20(22)26-23(28)4-2/h5-10,13-14,18,25H,3-4,11-12,15H2,1-2H3/t18-/m1/s1. The molecule has 3 heterocycles. The van der Waals surface area contributed by atoms with Gasteiger partial charge in [0.05, 0.1) is 17.1 Å². The Morgan fingerprint density at radius 3 is 2.83 bits per heavy atom. The Hall–Kier alpha value is -3.08. The summed E-state index contributed by atoms with van der Waals surface area (Å²) < 4.78 is 2.35. The number of benzene rings is 2. The number of carbonyl (C=O) groups excluding carboxylic acids is 1. The molecular weight excluding hydrogens is 360 g/mol. The van der Waals surface area contributed by atoms with Gasteiger partial charge >= 0.3 is 0 Å². The number of para-hydroxylation sites is 2. The van der Waals surface area contributed by atoms with Crippen molar-refractivity contribution < 1.29 is 4.79 Å². The number of nitrogens with zero attached hydrogens (tertiary/aromatic N) is 3. The first-order chi connectivity index (χ1) is 14.2. The predicted molar refractivity (Wildman–Crippen MR) is 116 cm³/mol. The van der Waals surface area contributed by atoms with Crippen molar-refractivity contribution in [3.05, 3.63) is 65.6 Å². The quantitative estimate of drug-likeness (QED) is 0.551. The number of amides is 1. The van der Waals surface area contributed by atoms with Crippen LogP contribution in [0.1, 0.15) is 48.2 Å². The molecule has 1 atom stereocenters. The number of fused-ring (bicyclic) bond motifs is 2. The summed E-state index contributed by atoms with van der Waals surface area (Å²) in [6.07, 6.45) is 2.84. The van der Waals surface area contributed by atoms with E-state index in [2.05, 4.69) is 59.8 Å². The first kappa shape index (κ1) is 18.0. The predicted octanol–water partition coefficient (Wildman–Crippen LogP) is 4.73. The molecule has 2 aromatic heterocycles. The van der Waals surface area contributed by atoms with E-state index in [9.17, 15) is 4.79 Å². The minimum absolute atomic E-state index is 0.0872. The summed E-state index contributed by atoms with van der Waals surface area (Å²) in [5.74, 6) is 1.19. The third kappa shape index (κ3) is 3.01. The van der Waals surface area contributed by atoms with Crippen LogP contribution in [-0.2, 0) is 12.8 Å². The molecule has 5 heteroatoms. The van der Waals surface area contributed by atoms with E-state index in [4.69, 9.17) is 4.98 Å². The van der Waals surface area contributed by atoms with Crippen molar-refractivity contribution in [1.82, 2.24) is 19.4 Å². The number of aromatic amines is 1. The van der Waals surface area contributed by atoms with Crippen molar-refractivity contribution in [2.24, 2.45) is 0 Å². The van der Waals surface area contributed by atoms with E-state index in [-0.39, 0.29) is 11.9 Å². The van der Waals surface area contributed by atoms with Gasteiger partial charge in [-0.25, -0.2) is 4.98 Å². The fourth-order valence-corrected chi connectivity index (χ4v) is 4.58. The lowest BCUT2D eigenvalue weighted by atomic mass is 10.1. The van der Waals surface area contributed by atoms with Crippen LogP contribution in [0.2, 0.25) is 0 Å². The number of H-pyrrole nitrogens is 1. The first-order valence-electron chi connectivity index (χ1n) is 10.5. The molecule has 0 unspecified atom stereocenters. The molecule has 1 saturated heterocycles. The molecule has 4 aromatic rings. The molecule has 0 aliphatic carbocycles. The molecule has 1 N–H and O–H groups in total. The monoisotopic (exact) mass is 386 g/mol. The Morgan fingerprint density at radius 1 is 1.14 bits per heavy atom. The fraction of sp³-hybridized carbons (Fsp3) is 0.333. The molecule has 29 heavy (non-hydrogen) atoms. The van der Waals surface area contributed by atoms with Crippen LogP contribution in [0, 0.1) is 0 Å². The topological polar surface area (TPSA) is 53.9 Å². The summed E-state index contributed by atoms with van der Waals surface area (Å²) in [7, 11) is 0. The number of imidazole rings is 1. The van der Waals surface area contributed by atoms with Gasteiger partial charge in [0.1, 0.15) is 11.5 Å². The van der Waals surface area contributed by atoms with E-state index in [0.29, 0.717) is 5.69 Å². The summed E-state index contributed by atoms with van der Waals surface area (Å²) in [4.78, 5) is 23.3. The number of likely N-dealkylation sites (tertiary alicyclic amines) is 1. The van der Waals surface area contributed by atoms with Crippen LogP contribution >= 0.6 is 0 Å². The number of nitrogens with one attached hydrogen (secondary N) is 1. The molecule has 0 saturated carbocycles. The Balaban J connectivity index is 1.42. The van der Waals surface area contributed by atoms with E-state index in [1.807, 2.05) is 17.0 Å². The maximum Gasteiger partial charge on any atom is 0.270 e. The highest BCUT2D eigenvalue weighted by Crippen LogP contribution is 2.29. The Morgan fingerprint density at radius 2 is 2.00 bits per heavy atom. The van der Waals surface area contributed by atoms with Gasteiger partial charge < -0.3 is 14.5 Å². The second-order valence-corrected chi connectivity index (χ2v) is 7.89. The zero-order valence-electron chi connectivity index (χ0n) is 17.0. The number of hydrogen-bond donors (Lipinski definition) is 1. The molecule has 0 spiro atoms. The average Bonchev–Trinajstić information content (AvgIpc) is 3.47. The van der Waals surface area contributed by atoms with Crippen LogP contribution in [0.4, 0.5) is 0 Å². The van der Waals surface area contributed by atoms with E-state index >= 15 is 0 Å². The second kappa shape index (κ2) is 7.07. The normalized spacial score (nSPS) is 16.9. The zero-order chi connectivity index (χ0) is 20.0. The largest absolute Gasteiger partial charge is 0.351 e. The van der Waals surface area contributed by atoms with Crippen molar-refractivity contribution in [3.63, 3.8) is 0 Å². The zero-order valence-corrected chi connectivity index (χ0v) is 17.0. The molecule has 1 aliphatic heterocycles. The highest BCUT2D eigenvalue weighted by atomic mass is 16.2. The summed E-state index contributed by atoms with van der Waals surface area (Å²) in [6, 6.07) is 16.9. The SMILES string of the molecule is CCc1ccc2[nH]c(C(=O)N3CC[C@@H](n4c(CC)nc5ccccc54)C3)cc2c1. The maximum absolute atomic E-state index is 13.2. The molecule has 1 amide bonds. The van der Waals surface area contributed by atoms with Crippen molar-refractivity contribution >= 4 is 27.8 Å². The van der Waals surface area contributed by atoms with Gasteiger partial charge in [0, 0.05) is 30.4 Å². The summed E-state index contributed by atoms with van der Waals surface area (Å²) in [5.41, 5.74) is 5.20.